The highest BCUT2D eigenvalue weighted by atomic mass is 16.5. The minimum Gasteiger partial charge on any atom is -0.493 e. The lowest BCUT2D eigenvalue weighted by atomic mass is 10.0. The van der Waals surface area contributed by atoms with Crippen LogP contribution in [0.3, 0.4) is 0 Å². The summed E-state index contributed by atoms with van der Waals surface area (Å²) in [6.07, 6.45) is 4.11. The summed E-state index contributed by atoms with van der Waals surface area (Å²) in [4.78, 5) is 12.4. The van der Waals surface area contributed by atoms with Crippen molar-refractivity contribution in [3.63, 3.8) is 0 Å². The van der Waals surface area contributed by atoms with Crippen LogP contribution < -0.4 is 4.74 Å². The van der Waals surface area contributed by atoms with Crippen LogP contribution in [0.2, 0.25) is 0 Å². The summed E-state index contributed by atoms with van der Waals surface area (Å²) in [5, 5.41) is 4.14. The van der Waals surface area contributed by atoms with Crippen LogP contribution in [-0.4, -0.2) is 35.4 Å². The van der Waals surface area contributed by atoms with Gasteiger partial charge in [-0.05, 0) is 26.2 Å². The van der Waals surface area contributed by atoms with Gasteiger partial charge in [-0.3, -0.25) is 9.48 Å². The number of rotatable bonds is 4. The molecule has 1 fully saturated rings. The zero-order chi connectivity index (χ0) is 12.3. The number of ether oxygens (including phenoxy) is 2. The topological polar surface area (TPSA) is 53.4 Å². The van der Waals surface area contributed by atoms with Crippen LogP contribution in [0.4, 0.5) is 0 Å². The zero-order valence-corrected chi connectivity index (χ0v) is 10.3. The molecule has 1 aliphatic rings. The molecule has 94 valence electrons. The Bertz CT molecular complexity index is 373. The molecule has 0 radical (unpaired) electrons. The Morgan fingerprint density at radius 1 is 1.65 bits per heavy atom. The number of aromatic nitrogens is 2. The third-order valence-corrected chi connectivity index (χ3v) is 3.03. The molecular formula is C12H18N2O3. The standard InChI is InChI=1S/C12H18N2O3/c1-3-14-11(10(16-2)8-13-14)12(15)9-6-4-5-7-17-9/h8-9H,3-7H2,1-2H3. The predicted molar refractivity (Wildman–Crippen MR) is 62.4 cm³/mol. The van der Waals surface area contributed by atoms with E-state index in [1.54, 1.807) is 18.0 Å². The van der Waals surface area contributed by atoms with E-state index < -0.39 is 0 Å². The molecule has 1 saturated heterocycles. The van der Waals surface area contributed by atoms with Crippen molar-refractivity contribution >= 4 is 5.78 Å². The first-order chi connectivity index (χ1) is 8.27. The Balaban J connectivity index is 2.24. The molecule has 0 spiro atoms. The van der Waals surface area contributed by atoms with Gasteiger partial charge in [-0.15, -0.1) is 0 Å². The van der Waals surface area contributed by atoms with E-state index in [-0.39, 0.29) is 11.9 Å². The molecule has 2 rings (SSSR count). The van der Waals surface area contributed by atoms with Crippen molar-refractivity contribution < 1.29 is 14.3 Å². The quantitative estimate of drug-likeness (QED) is 0.749. The Morgan fingerprint density at radius 2 is 2.47 bits per heavy atom. The van der Waals surface area contributed by atoms with Gasteiger partial charge in [0.25, 0.3) is 0 Å². The molecule has 2 heterocycles. The number of hydrogen-bond donors (Lipinski definition) is 0. The van der Waals surface area contributed by atoms with Crippen molar-refractivity contribution in [1.82, 2.24) is 9.78 Å². The smallest absolute Gasteiger partial charge is 0.213 e. The third kappa shape index (κ3) is 2.34. The molecular weight excluding hydrogens is 220 g/mol. The second-order valence-electron chi connectivity index (χ2n) is 4.10. The average molecular weight is 238 g/mol. The van der Waals surface area contributed by atoms with Crippen molar-refractivity contribution in [3.05, 3.63) is 11.9 Å². The maximum absolute atomic E-state index is 12.4. The first-order valence-electron chi connectivity index (χ1n) is 6.03. The second-order valence-corrected chi connectivity index (χ2v) is 4.10. The van der Waals surface area contributed by atoms with Crippen LogP contribution in [-0.2, 0) is 11.3 Å². The van der Waals surface area contributed by atoms with E-state index in [1.807, 2.05) is 6.92 Å². The molecule has 0 saturated carbocycles. The molecule has 1 atom stereocenters. The van der Waals surface area contributed by atoms with Gasteiger partial charge in [0.05, 0.1) is 13.3 Å². The largest absolute Gasteiger partial charge is 0.493 e. The molecule has 0 aliphatic carbocycles. The van der Waals surface area contributed by atoms with Crippen molar-refractivity contribution in [2.45, 2.75) is 38.8 Å². The minimum atomic E-state index is -0.334. The molecule has 0 N–H and O–H groups in total. The zero-order valence-electron chi connectivity index (χ0n) is 10.3. The molecule has 0 bridgehead atoms. The van der Waals surface area contributed by atoms with Crippen LogP contribution in [0.5, 0.6) is 5.75 Å². The summed E-state index contributed by atoms with van der Waals surface area (Å²) < 4.78 is 12.4. The fraction of sp³-hybridized carbons (Fsp3) is 0.667. The maximum atomic E-state index is 12.4. The number of methoxy groups -OCH3 is 1. The van der Waals surface area contributed by atoms with Crippen molar-refractivity contribution in [3.8, 4) is 5.75 Å². The highest BCUT2D eigenvalue weighted by Crippen LogP contribution is 2.23. The van der Waals surface area contributed by atoms with E-state index in [0.717, 1.165) is 19.3 Å². The number of carbonyl (C=O) groups is 1. The maximum Gasteiger partial charge on any atom is 0.213 e. The van der Waals surface area contributed by atoms with E-state index >= 15 is 0 Å². The Kier molecular flexibility index (Phi) is 3.78. The molecule has 5 nitrogen and oxygen atoms in total. The average Bonchev–Trinajstić information content (AvgIpc) is 2.81. The first-order valence-corrected chi connectivity index (χ1v) is 6.03. The van der Waals surface area contributed by atoms with Gasteiger partial charge in [0, 0.05) is 13.2 Å². The van der Waals surface area contributed by atoms with Gasteiger partial charge in [0.2, 0.25) is 5.78 Å². The van der Waals surface area contributed by atoms with Crippen LogP contribution >= 0.6 is 0 Å². The molecule has 1 aromatic rings. The SMILES string of the molecule is CCn1ncc(OC)c1C(=O)C1CCCCO1. The third-order valence-electron chi connectivity index (χ3n) is 3.03. The Hall–Kier alpha value is -1.36. The highest BCUT2D eigenvalue weighted by Gasteiger charge is 2.28. The normalized spacial score (nSPS) is 20.2. The molecule has 0 amide bonds. The summed E-state index contributed by atoms with van der Waals surface area (Å²) in [6, 6.07) is 0. The van der Waals surface area contributed by atoms with Crippen LogP contribution in [0.1, 0.15) is 36.7 Å². The minimum absolute atomic E-state index is 0.0131. The summed E-state index contributed by atoms with van der Waals surface area (Å²) >= 11 is 0. The highest BCUT2D eigenvalue weighted by molar-refractivity contribution is 6.00. The summed E-state index contributed by atoms with van der Waals surface area (Å²) in [5.41, 5.74) is 0.530. The van der Waals surface area contributed by atoms with Gasteiger partial charge in [-0.2, -0.15) is 5.10 Å². The van der Waals surface area contributed by atoms with Gasteiger partial charge in [-0.1, -0.05) is 0 Å². The summed E-state index contributed by atoms with van der Waals surface area (Å²) in [5.74, 6) is 0.520. The van der Waals surface area contributed by atoms with E-state index in [9.17, 15) is 4.79 Å². The van der Waals surface area contributed by atoms with Gasteiger partial charge in [0.1, 0.15) is 11.8 Å². The van der Waals surface area contributed by atoms with Gasteiger partial charge in [-0.25, -0.2) is 0 Å². The van der Waals surface area contributed by atoms with Crippen LogP contribution in [0.25, 0.3) is 0 Å². The van der Waals surface area contributed by atoms with E-state index in [4.69, 9.17) is 9.47 Å². The molecule has 17 heavy (non-hydrogen) atoms. The van der Waals surface area contributed by atoms with Gasteiger partial charge in [0.15, 0.2) is 5.75 Å². The molecule has 1 aliphatic heterocycles. The number of carbonyl (C=O) groups excluding carboxylic acids is 1. The Morgan fingerprint density at radius 3 is 3.06 bits per heavy atom. The number of nitrogens with zero attached hydrogens (tertiary/aromatic N) is 2. The lowest BCUT2D eigenvalue weighted by molar-refractivity contribution is 0.0177. The second kappa shape index (κ2) is 5.31. The van der Waals surface area contributed by atoms with Crippen molar-refractivity contribution in [1.29, 1.82) is 0 Å². The number of ketones is 1. The number of hydrogen-bond acceptors (Lipinski definition) is 4. The van der Waals surface area contributed by atoms with Gasteiger partial charge >= 0.3 is 0 Å². The number of Topliss-reactive ketones (excluding diaryl/α,β-unsaturated/α-hetero) is 1. The molecule has 1 aromatic heterocycles. The summed E-state index contributed by atoms with van der Waals surface area (Å²) in [7, 11) is 1.55. The predicted octanol–water partition coefficient (Wildman–Crippen LogP) is 1.66. The number of aryl methyl sites for hydroxylation is 1. The molecule has 5 heteroatoms. The van der Waals surface area contributed by atoms with Crippen LogP contribution in [0, 0.1) is 0 Å². The van der Waals surface area contributed by atoms with Crippen LogP contribution in [0.15, 0.2) is 6.20 Å². The van der Waals surface area contributed by atoms with E-state index in [1.165, 1.54) is 0 Å². The van der Waals surface area contributed by atoms with Crippen molar-refractivity contribution in [2.75, 3.05) is 13.7 Å². The van der Waals surface area contributed by atoms with Crippen molar-refractivity contribution in [2.24, 2.45) is 0 Å². The van der Waals surface area contributed by atoms with Gasteiger partial charge < -0.3 is 9.47 Å². The first kappa shape index (κ1) is 12.1. The van der Waals surface area contributed by atoms with E-state index in [2.05, 4.69) is 5.10 Å². The summed E-state index contributed by atoms with van der Waals surface area (Å²) in [6.45, 7) is 3.26. The monoisotopic (exact) mass is 238 g/mol. The Labute approximate surface area is 101 Å². The lowest BCUT2D eigenvalue weighted by Gasteiger charge is -2.21. The molecule has 1 unspecified atom stereocenters. The molecule has 0 aromatic carbocycles. The fourth-order valence-corrected chi connectivity index (χ4v) is 2.11. The fourth-order valence-electron chi connectivity index (χ4n) is 2.11. The van der Waals surface area contributed by atoms with E-state index in [0.29, 0.717) is 24.6 Å². The lowest BCUT2D eigenvalue weighted by Crippen LogP contribution is -2.30.